The number of benzene rings is 1. The van der Waals surface area contributed by atoms with E-state index in [1.54, 1.807) is 0 Å². The zero-order valence-corrected chi connectivity index (χ0v) is 12.4. The summed E-state index contributed by atoms with van der Waals surface area (Å²) < 4.78 is 5.76. The van der Waals surface area contributed by atoms with Gasteiger partial charge in [-0.25, -0.2) is 0 Å². The number of aliphatic hydroxyl groups is 1. The van der Waals surface area contributed by atoms with Crippen molar-refractivity contribution in [3.05, 3.63) is 29.8 Å². The van der Waals surface area contributed by atoms with E-state index in [1.807, 2.05) is 24.3 Å². The lowest BCUT2D eigenvalue weighted by Gasteiger charge is -2.37. The Morgan fingerprint density at radius 2 is 2.05 bits per heavy atom. The van der Waals surface area contributed by atoms with Gasteiger partial charge in [-0.05, 0) is 24.0 Å². The van der Waals surface area contributed by atoms with Crippen molar-refractivity contribution >= 4 is 0 Å². The molecule has 0 saturated heterocycles. The highest BCUT2D eigenvalue weighted by Crippen LogP contribution is 2.40. The van der Waals surface area contributed by atoms with Gasteiger partial charge < -0.3 is 9.84 Å². The first-order valence-electron chi connectivity index (χ1n) is 8.03. The summed E-state index contributed by atoms with van der Waals surface area (Å²) in [6.07, 6.45) is 6.94. The summed E-state index contributed by atoms with van der Waals surface area (Å²) in [5, 5.41) is 20.4. The largest absolute Gasteiger partial charge is 0.492 e. The quantitative estimate of drug-likeness (QED) is 0.925. The lowest BCUT2D eigenvalue weighted by atomic mass is 9.72. The van der Waals surface area contributed by atoms with Gasteiger partial charge >= 0.3 is 0 Å². The minimum Gasteiger partial charge on any atom is -0.492 e. The number of nitriles is 1. The molecule has 3 nitrogen and oxygen atoms in total. The molecule has 21 heavy (non-hydrogen) atoms. The number of ether oxygens (including phenoxy) is 1. The average Bonchev–Trinajstić information content (AvgIpc) is 2.55. The van der Waals surface area contributed by atoms with Crippen molar-refractivity contribution in [2.75, 3.05) is 6.61 Å². The standard InChI is InChI=1S/C18H23NO2/c19-12-18(17(20)10-14-6-2-1-3-7-14)11-15-8-4-5-9-16(15)21-13-18/h4-5,8-9,14,17,20H,1-3,6-7,10-11,13H2. The van der Waals surface area contributed by atoms with Crippen molar-refractivity contribution in [2.24, 2.45) is 11.3 Å². The van der Waals surface area contributed by atoms with Crippen LogP contribution in [0.5, 0.6) is 5.75 Å². The van der Waals surface area contributed by atoms with Gasteiger partial charge in [-0.2, -0.15) is 5.26 Å². The Labute approximate surface area is 126 Å². The van der Waals surface area contributed by atoms with Crippen LogP contribution in [0, 0.1) is 22.7 Å². The van der Waals surface area contributed by atoms with Gasteiger partial charge in [0.05, 0.1) is 12.2 Å². The SMILES string of the molecule is N#CC1(C(O)CC2CCCCC2)COc2ccccc2C1. The molecule has 0 amide bonds. The molecule has 1 fully saturated rings. The van der Waals surface area contributed by atoms with E-state index >= 15 is 0 Å². The summed E-state index contributed by atoms with van der Waals surface area (Å²) in [6.45, 7) is 0.300. The first kappa shape index (κ1) is 14.4. The second-order valence-corrected chi connectivity index (χ2v) is 6.60. The second kappa shape index (κ2) is 6.07. The molecular weight excluding hydrogens is 262 g/mol. The van der Waals surface area contributed by atoms with Crippen molar-refractivity contribution in [1.82, 2.24) is 0 Å². The van der Waals surface area contributed by atoms with Crippen molar-refractivity contribution in [3.8, 4) is 11.8 Å². The van der Waals surface area contributed by atoms with Crippen LogP contribution in [0.4, 0.5) is 0 Å². The predicted octanol–water partition coefficient (Wildman–Crippen LogP) is 3.46. The van der Waals surface area contributed by atoms with E-state index in [0.29, 0.717) is 18.9 Å². The molecule has 0 spiro atoms. The first-order chi connectivity index (χ1) is 10.2. The number of nitrogens with zero attached hydrogens (tertiary/aromatic N) is 1. The maximum absolute atomic E-state index is 10.7. The molecule has 3 heteroatoms. The summed E-state index contributed by atoms with van der Waals surface area (Å²) in [4.78, 5) is 0. The van der Waals surface area contributed by atoms with Gasteiger partial charge in [-0.1, -0.05) is 50.3 Å². The van der Waals surface area contributed by atoms with Crippen molar-refractivity contribution in [1.29, 1.82) is 5.26 Å². The monoisotopic (exact) mass is 285 g/mol. The molecule has 0 aromatic heterocycles. The Bertz CT molecular complexity index is 530. The molecule has 1 heterocycles. The zero-order valence-electron chi connectivity index (χ0n) is 12.4. The van der Waals surface area contributed by atoms with Crippen LogP contribution in [0.25, 0.3) is 0 Å². The fourth-order valence-electron chi connectivity index (χ4n) is 3.71. The third-order valence-electron chi connectivity index (χ3n) is 5.11. The Morgan fingerprint density at radius 3 is 2.81 bits per heavy atom. The Kier molecular flexibility index (Phi) is 4.17. The van der Waals surface area contributed by atoms with E-state index in [9.17, 15) is 10.4 Å². The summed E-state index contributed by atoms with van der Waals surface area (Å²) in [6, 6.07) is 10.2. The number of aliphatic hydroxyl groups excluding tert-OH is 1. The maximum Gasteiger partial charge on any atom is 0.122 e. The maximum atomic E-state index is 10.7. The van der Waals surface area contributed by atoms with Crippen LogP contribution >= 0.6 is 0 Å². The molecule has 2 aliphatic rings. The summed E-state index contributed by atoms with van der Waals surface area (Å²) in [5.41, 5.74) is 0.249. The average molecular weight is 285 g/mol. The number of hydrogen-bond acceptors (Lipinski definition) is 3. The molecule has 1 N–H and O–H groups in total. The van der Waals surface area contributed by atoms with E-state index < -0.39 is 11.5 Å². The molecule has 1 aromatic rings. The van der Waals surface area contributed by atoms with Crippen LogP contribution in [-0.2, 0) is 6.42 Å². The van der Waals surface area contributed by atoms with Gasteiger partial charge in [-0.15, -0.1) is 0 Å². The van der Waals surface area contributed by atoms with Crippen molar-refractivity contribution in [2.45, 2.75) is 51.0 Å². The van der Waals surface area contributed by atoms with Crippen molar-refractivity contribution in [3.63, 3.8) is 0 Å². The van der Waals surface area contributed by atoms with E-state index in [-0.39, 0.29) is 0 Å². The number of rotatable bonds is 3. The molecule has 1 saturated carbocycles. The van der Waals surface area contributed by atoms with Crippen LogP contribution in [0.1, 0.15) is 44.1 Å². The van der Waals surface area contributed by atoms with E-state index in [0.717, 1.165) is 17.7 Å². The zero-order chi connectivity index (χ0) is 14.7. The molecule has 1 aliphatic heterocycles. The van der Waals surface area contributed by atoms with E-state index in [1.165, 1.54) is 32.1 Å². The molecule has 2 unspecified atom stereocenters. The van der Waals surface area contributed by atoms with Gasteiger partial charge in [0.2, 0.25) is 0 Å². The fraction of sp³-hybridized carbons (Fsp3) is 0.611. The Hall–Kier alpha value is -1.53. The third kappa shape index (κ3) is 2.91. The van der Waals surface area contributed by atoms with Crippen LogP contribution in [0.3, 0.4) is 0 Å². The topological polar surface area (TPSA) is 53.2 Å². The molecule has 0 radical (unpaired) electrons. The number of para-hydroxylation sites is 1. The molecule has 1 aromatic carbocycles. The van der Waals surface area contributed by atoms with E-state index in [4.69, 9.17) is 4.74 Å². The molecule has 2 atom stereocenters. The Balaban J connectivity index is 1.73. The van der Waals surface area contributed by atoms with Crippen LogP contribution < -0.4 is 4.74 Å². The lowest BCUT2D eigenvalue weighted by Crippen LogP contribution is -2.44. The van der Waals surface area contributed by atoms with Gasteiger partial charge in [0, 0.05) is 6.42 Å². The molecule has 0 bridgehead atoms. The van der Waals surface area contributed by atoms with Gasteiger partial charge in [0.15, 0.2) is 0 Å². The highest BCUT2D eigenvalue weighted by atomic mass is 16.5. The molecular formula is C18H23NO2. The first-order valence-corrected chi connectivity index (χ1v) is 8.03. The Morgan fingerprint density at radius 1 is 1.29 bits per heavy atom. The molecule has 112 valence electrons. The van der Waals surface area contributed by atoms with Crippen LogP contribution in [0.15, 0.2) is 24.3 Å². The smallest absolute Gasteiger partial charge is 0.122 e. The molecule has 1 aliphatic carbocycles. The highest BCUT2D eigenvalue weighted by Gasteiger charge is 2.43. The second-order valence-electron chi connectivity index (χ2n) is 6.60. The van der Waals surface area contributed by atoms with E-state index in [2.05, 4.69) is 6.07 Å². The van der Waals surface area contributed by atoms with Gasteiger partial charge in [0.1, 0.15) is 17.8 Å². The highest BCUT2D eigenvalue weighted by molar-refractivity contribution is 5.38. The fourth-order valence-corrected chi connectivity index (χ4v) is 3.71. The van der Waals surface area contributed by atoms with Crippen LogP contribution in [-0.4, -0.2) is 17.8 Å². The van der Waals surface area contributed by atoms with Crippen molar-refractivity contribution < 1.29 is 9.84 Å². The third-order valence-corrected chi connectivity index (χ3v) is 5.11. The summed E-state index contributed by atoms with van der Waals surface area (Å²) in [7, 11) is 0. The lowest BCUT2D eigenvalue weighted by molar-refractivity contribution is -0.000111. The number of hydrogen-bond donors (Lipinski definition) is 1. The van der Waals surface area contributed by atoms with Gasteiger partial charge in [-0.3, -0.25) is 0 Å². The summed E-state index contributed by atoms with van der Waals surface area (Å²) >= 11 is 0. The summed E-state index contributed by atoms with van der Waals surface area (Å²) in [5.74, 6) is 1.42. The minimum absolute atomic E-state index is 0.300. The predicted molar refractivity (Wildman–Crippen MR) is 80.9 cm³/mol. The van der Waals surface area contributed by atoms with Gasteiger partial charge in [0.25, 0.3) is 0 Å². The normalized spacial score (nSPS) is 27.2. The number of fused-ring (bicyclic) bond motifs is 1. The molecule has 3 rings (SSSR count). The van der Waals surface area contributed by atoms with Crippen LogP contribution in [0.2, 0.25) is 0 Å². The minimum atomic E-state index is -0.786.